The first-order valence-corrected chi connectivity index (χ1v) is 10.3. The van der Waals surface area contributed by atoms with Crippen molar-refractivity contribution in [3.8, 4) is 0 Å². The first-order chi connectivity index (χ1) is 11.8. The summed E-state index contributed by atoms with van der Waals surface area (Å²) in [6.07, 6.45) is 0. The number of hydrogen-bond acceptors (Lipinski definition) is 2. The number of benzene rings is 2. The van der Waals surface area contributed by atoms with E-state index in [-0.39, 0.29) is 16.6 Å². The van der Waals surface area contributed by atoms with Gasteiger partial charge in [-0.15, -0.1) is 0 Å². The molecular formula is C22H28NOP. The maximum Gasteiger partial charge on any atom is 0.194 e. The Labute approximate surface area is 153 Å². The Hall–Kier alpha value is -1.66. The minimum Gasteiger partial charge on any atom is -0.478 e. The molecule has 2 aromatic rings. The van der Waals surface area contributed by atoms with Crippen molar-refractivity contribution in [3.63, 3.8) is 0 Å². The Balaban J connectivity index is 2.04. The molecule has 0 bridgehead atoms. The molecule has 0 amide bonds. The predicted octanol–water partition coefficient (Wildman–Crippen LogP) is 4.74. The molecule has 1 atom stereocenters. The monoisotopic (exact) mass is 353 g/mol. The fraction of sp³-hybridized carbons (Fsp3) is 0.409. The van der Waals surface area contributed by atoms with E-state index in [0.717, 1.165) is 5.90 Å². The van der Waals surface area contributed by atoms with Gasteiger partial charge in [0.25, 0.3) is 0 Å². The third-order valence-corrected chi connectivity index (χ3v) is 7.70. The number of ether oxygens (including phenoxy) is 1. The Morgan fingerprint density at radius 2 is 1.32 bits per heavy atom. The van der Waals surface area contributed by atoms with Crippen molar-refractivity contribution in [2.75, 3.05) is 6.61 Å². The van der Waals surface area contributed by atoms with Crippen LogP contribution in [-0.2, 0) is 4.74 Å². The molecule has 1 heterocycles. The van der Waals surface area contributed by atoms with Crippen LogP contribution < -0.4 is 10.6 Å². The summed E-state index contributed by atoms with van der Waals surface area (Å²) in [5.74, 6) is 0.909. The van der Waals surface area contributed by atoms with Crippen LogP contribution in [-0.4, -0.2) is 23.7 Å². The van der Waals surface area contributed by atoms with Gasteiger partial charge in [0.15, 0.2) is 5.90 Å². The van der Waals surface area contributed by atoms with Crippen molar-refractivity contribution in [1.29, 1.82) is 0 Å². The lowest BCUT2D eigenvalue weighted by Gasteiger charge is -2.34. The zero-order valence-corrected chi connectivity index (χ0v) is 16.8. The number of rotatable bonds is 4. The van der Waals surface area contributed by atoms with Crippen LogP contribution in [0.5, 0.6) is 0 Å². The average Bonchev–Trinajstić information content (AvgIpc) is 3.08. The molecule has 2 nitrogen and oxygen atoms in total. The summed E-state index contributed by atoms with van der Waals surface area (Å²) in [5.41, 5.74) is 0.125. The highest BCUT2D eigenvalue weighted by atomic mass is 31.1. The summed E-state index contributed by atoms with van der Waals surface area (Å²) in [6, 6.07) is 21.8. The molecular weight excluding hydrogens is 325 g/mol. The highest BCUT2D eigenvalue weighted by Gasteiger charge is 2.42. The van der Waals surface area contributed by atoms with Gasteiger partial charge in [-0.3, -0.25) is 0 Å². The first-order valence-electron chi connectivity index (χ1n) is 8.91. The van der Waals surface area contributed by atoms with Gasteiger partial charge in [0, 0.05) is 0 Å². The van der Waals surface area contributed by atoms with Gasteiger partial charge in [0.1, 0.15) is 6.61 Å². The minimum absolute atomic E-state index is 0.125. The van der Waals surface area contributed by atoms with Crippen molar-refractivity contribution in [3.05, 3.63) is 60.7 Å². The number of aliphatic imine (C=N–C) groups is 1. The van der Waals surface area contributed by atoms with E-state index >= 15 is 0 Å². The number of hydrogen-bond donors (Lipinski definition) is 0. The largest absolute Gasteiger partial charge is 0.478 e. The lowest BCUT2D eigenvalue weighted by Crippen LogP contribution is -2.37. The van der Waals surface area contributed by atoms with Crippen LogP contribution >= 0.6 is 7.92 Å². The summed E-state index contributed by atoms with van der Waals surface area (Å²) < 4.78 is 6.15. The Morgan fingerprint density at radius 1 is 0.840 bits per heavy atom. The van der Waals surface area contributed by atoms with Crippen LogP contribution in [0.4, 0.5) is 0 Å². The molecule has 0 aliphatic carbocycles. The topological polar surface area (TPSA) is 21.6 Å². The highest BCUT2D eigenvalue weighted by Crippen LogP contribution is 2.50. The fourth-order valence-corrected chi connectivity index (χ4v) is 6.04. The minimum atomic E-state index is -0.616. The van der Waals surface area contributed by atoms with Crippen LogP contribution in [0, 0.1) is 5.41 Å². The van der Waals surface area contributed by atoms with Crippen molar-refractivity contribution < 1.29 is 4.74 Å². The van der Waals surface area contributed by atoms with E-state index < -0.39 is 7.92 Å². The van der Waals surface area contributed by atoms with Crippen molar-refractivity contribution in [2.24, 2.45) is 10.4 Å². The number of nitrogens with zero attached hydrogens (tertiary/aromatic N) is 1. The van der Waals surface area contributed by atoms with Gasteiger partial charge in [0.2, 0.25) is 0 Å². The molecule has 0 unspecified atom stereocenters. The Bertz CT molecular complexity index is 692. The maximum absolute atomic E-state index is 6.15. The molecule has 0 radical (unpaired) electrons. The smallest absolute Gasteiger partial charge is 0.194 e. The maximum atomic E-state index is 6.15. The van der Waals surface area contributed by atoms with Crippen LogP contribution in [0.3, 0.4) is 0 Å². The molecule has 1 aliphatic rings. The molecule has 25 heavy (non-hydrogen) atoms. The predicted molar refractivity (Wildman–Crippen MR) is 110 cm³/mol. The summed E-state index contributed by atoms with van der Waals surface area (Å²) >= 11 is 0. The van der Waals surface area contributed by atoms with E-state index in [4.69, 9.17) is 9.73 Å². The fourth-order valence-electron chi connectivity index (χ4n) is 3.20. The molecule has 1 aliphatic heterocycles. The highest BCUT2D eigenvalue weighted by molar-refractivity contribution is 7.75. The van der Waals surface area contributed by atoms with Crippen molar-refractivity contribution >= 4 is 24.4 Å². The molecule has 132 valence electrons. The lowest BCUT2D eigenvalue weighted by atomic mass is 9.88. The van der Waals surface area contributed by atoms with Gasteiger partial charge in [-0.25, -0.2) is 4.99 Å². The van der Waals surface area contributed by atoms with E-state index in [9.17, 15) is 0 Å². The van der Waals surface area contributed by atoms with E-state index in [1.165, 1.54) is 10.6 Å². The average molecular weight is 353 g/mol. The van der Waals surface area contributed by atoms with Gasteiger partial charge in [0.05, 0.1) is 11.2 Å². The van der Waals surface area contributed by atoms with Gasteiger partial charge in [-0.05, 0) is 37.8 Å². The standard InChI is InChI=1S/C22H28NOP/c1-21(2,3)19-16-24-20(23-19)22(4,5)25(17-12-8-6-9-13-17)18-14-10-7-11-15-18/h6-15,19H,16H2,1-5H3/t19-/m0/s1. The van der Waals surface area contributed by atoms with E-state index in [0.29, 0.717) is 6.61 Å². The quantitative estimate of drug-likeness (QED) is 0.728. The third-order valence-electron chi connectivity index (χ3n) is 4.76. The van der Waals surface area contributed by atoms with E-state index in [1.54, 1.807) is 0 Å². The second kappa shape index (κ2) is 6.92. The molecule has 3 rings (SSSR count). The molecule has 0 N–H and O–H groups in total. The molecule has 0 saturated heterocycles. The SMILES string of the molecule is CC(C)(C)[C@@H]1COC(C(C)(C)P(c2ccccc2)c2ccccc2)=N1. The zero-order valence-electron chi connectivity index (χ0n) is 15.9. The Morgan fingerprint density at radius 3 is 1.72 bits per heavy atom. The van der Waals surface area contributed by atoms with Gasteiger partial charge >= 0.3 is 0 Å². The van der Waals surface area contributed by atoms with E-state index in [1.807, 2.05) is 0 Å². The van der Waals surface area contributed by atoms with Gasteiger partial charge in [-0.1, -0.05) is 81.4 Å². The van der Waals surface area contributed by atoms with E-state index in [2.05, 4.69) is 95.3 Å². The molecule has 0 spiro atoms. The molecule has 3 heteroatoms. The van der Waals surface area contributed by atoms with Crippen LogP contribution in [0.2, 0.25) is 0 Å². The Kier molecular flexibility index (Phi) is 5.02. The van der Waals surface area contributed by atoms with Gasteiger partial charge < -0.3 is 4.74 Å². The second-order valence-corrected chi connectivity index (χ2v) is 11.0. The third kappa shape index (κ3) is 3.80. The zero-order chi connectivity index (χ0) is 18.1. The summed E-state index contributed by atoms with van der Waals surface area (Å²) in [4.78, 5) is 5.01. The molecule has 0 aromatic heterocycles. The molecule has 0 saturated carbocycles. The summed E-state index contributed by atoms with van der Waals surface area (Å²) in [7, 11) is -0.616. The van der Waals surface area contributed by atoms with Gasteiger partial charge in [-0.2, -0.15) is 0 Å². The molecule has 2 aromatic carbocycles. The summed E-state index contributed by atoms with van der Waals surface area (Å²) in [6.45, 7) is 12.0. The van der Waals surface area contributed by atoms with Crippen LogP contribution in [0.1, 0.15) is 34.6 Å². The van der Waals surface area contributed by atoms with Crippen molar-refractivity contribution in [2.45, 2.75) is 45.8 Å². The van der Waals surface area contributed by atoms with Crippen LogP contribution in [0.25, 0.3) is 0 Å². The normalized spacial score (nSPS) is 18.2. The second-order valence-electron chi connectivity index (χ2n) is 8.19. The first kappa shape index (κ1) is 18.1. The lowest BCUT2D eigenvalue weighted by molar-refractivity contribution is 0.231. The summed E-state index contributed by atoms with van der Waals surface area (Å²) in [5, 5.41) is 2.57. The van der Waals surface area contributed by atoms with Crippen LogP contribution in [0.15, 0.2) is 65.7 Å². The van der Waals surface area contributed by atoms with Crippen molar-refractivity contribution in [1.82, 2.24) is 0 Å². The molecule has 0 fully saturated rings.